The van der Waals surface area contributed by atoms with Crippen LogP contribution in [0.1, 0.15) is 28.6 Å². The van der Waals surface area contributed by atoms with Gasteiger partial charge in [-0.25, -0.2) is 0 Å². The second-order valence-corrected chi connectivity index (χ2v) is 5.32. The fourth-order valence-electron chi connectivity index (χ4n) is 1.99. The highest BCUT2D eigenvalue weighted by Gasteiger charge is 2.11. The second-order valence-electron chi connectivity index (χ2n) is 5.32. The highest BCUT2D eigenvalue weighted by molar-refractivity contribution is 5.93. The van der Waals surface area contributed by atoms with Crippen molar-refractivity contribution >= 4 is 18.3 Å². The fraction of sp³-hybridized carbons (Fsp3) is 0.353. The molecule has 6 heteroatoms. The van der Waals surface area contributed by atoms with Crippen LogP contribution in [-0.2, 0) is 17.9 Å². The summed E-state index contributed by atoms with van der Waals surface area (Å²) in [4.78, 5) is 11.9. The van der Waals surface area contributed by atoms with E-state index in [9.17, 15) is 4.79 Å². The van der Waals surface area contributed by atoms with Crippen LogP contribution in [-0.4, -0.2) is 19.1 Å². The number of furan rings is 1. The van der Waals surface area contributed by atoms with Crippen LogP contribution in [0.4, 0.5) is 0 Å². The molecule has 0 bridgehead atoms. The van der Waals surface area contributed by atoms with E-state index in [-0.39, 0.29) is 30.8 Å². The number of hydrogen-bond donors (Lipinski definition) is 2. The molecule has 0 fully saturated rings. The van der Waals surface area contributed by atoms with Crippen LogP contribution in [0.25, 0.3) is 0 Å². The SMILES string of the molecule is CC(CNC(=O)c1coc(CN)c1)COCc1ccccc1.Cl. The zero-order valence-corrected chi connectivity index (χ0v) is 14.0. The molecule has 3 N–H and O–H groups in total. The van der Waals surface area contributed by atoms with Crippen molar-refractivity contribution in [3.8, 4) is 0 Å². The van der Waals surface area contributed by atoms with Crippen LogP contribution in [0.15, 0.2) is 47.1 Å². The summed E-state index contributed by atoms with van der Waals surface area (Å²) in [6, 6.07) is 11.7. The Bertz CT molecular complexity index is 587. The number of nitrogens with two attached hydrogens (primary N) is 1. The number of nitrogens with one attached hydrogen (secondary N) is 1. The summed E-state index contributed by atoms with van der Waals surface area (Å²) in [5.41, 5.74) is 7.09. The lowest BCUT2D eigenvalue weighted by molar-refractivity contribution is 0.0843. The molecule has 1 unspecified atom stereocenters. The van der Waals surface area contributed by atoms with Gasteiger partial charge in [0.15, 0.2) is 0 Å². The first-order valence-corrected chi connectivity index (χ1v) is 7.36. The maximum atomic E-state index is 11.9. The Morgan fingerprint density at radius 1 is 1.35 bits per heavy atom. The molecule has 0 spiro atoms. The number of halogens is 1. The summed E-state index contributed by atoms with van der Waals surface area (Å²) >= 11 is 0. The lowest BCUT2D eigenvalue weighted by Crippen LogP contribution is -2.29. The normalized spacial score (nSPS) is 11.6. The van der Waals surface area contributed by atoms with Crippen molar-refractivity contribution in [1.82, 2.24) is 5.32 Å². The first kappa shape index (κ1) is 19.2. The van der Waals surface area contributed by atoms with Crippen molar-refractivity contribution in [2.75, 3.05) is 13.2 Å². The highest BCUT2D eigenvalue weighted by Crippen LogP contribution is 2.07. The zero-order valence-electron chi connectivity index (χ0n) is 13.2. The molecule has 0 aliphatic heterocycles. The molecule has 1 aromatic heterocycles. The van der Waals surface area contributed by atoms with Gasteiger partial charge in [0, 0.05) is 6.54 Å². The van der Waals surface area contributed by atoms with Gasteiger partial charge in [0.25, 0.3) is 5.91 Å². The number of ether oxygens (including phenoxy) is 1. The Balaban J connectivity index is 0.00000264. The van der Waals surface area contributed by atoms with Gasteiger partial charge in [-0.05, 0) is 17.5 Å². The van der Waals surface area contributed by atoms with E-state index in [0.29, 0.717) is 31.1 Å². The molecule has 0 aliphatic rings. The summed E-state index contributed by atoms with van der Waals surface area (Å²) in [6.45, 7) is 4.05. The number of benzene rings is 1. The fourth-order valence-corrected chi connectivity index (χ4v) is 1.99. The number of rotatable bonds is 8. The molecule has 5 nitrogen and oxygen atoms in total. The van der Waals surface area contributed by atoms with Crippen LogP contribution >= 0.6 is 12.4 Å². The Morgan fingerprint density at radius 2 is 2.09 bits per heavy atom. The van der Waals surface area contributed by atoms with Gasteiger partial charge >= 0.3 is 0 Å². The molecule has 2 rings (SSSR count). The van der Waals surface area contributed by atoms with Crippen LogP contribution in [0.5, 0.6) is 0 Å². The van der Waals surface area contributed by atoms with E-state index in [1.54, 1.807) is 6.07 Å². The Labute approximate surface area is 142 Å². The molecule has 126 valence electrons. The molecule has 0 radical (unpaired) electrons. The van der Waals surface area contributed by atoms with Crippen LogP contribution in [0, 0.1) is 5.92 Å². The van der Waals surface area contributed by atoms with Gasteiger partial charge in [-0.1, -0.05) is 37.3 Å². The van der Waals surface area contributed by atoms with Crippen molar-refractivity contribution in [3.05, 3.63) is 59.5 Å². The first-order chi connectivity index (χ1) is 10.7. The molecular weight excluding hydrogens is 316 g/mol. The van der Waals surface area contributed by atoms with Crippen molar-refractivity contribution in [3.63, 3.8) is 0 Å². The van der Waals surface area contributed by atoms with Crippen molar-refractivity contribution in [1.29, 1.82) is 0 Å². The van der Waals surface area contributed by atoms with Crippen LogP contribution in [0.2, 0.25) is 0 Å². The van der Waals surface area contributed by atoms with E-state index in [2.05, 4.69) is 5.32 Å². The third-order valence-electron chi connectivity index (χ3n) is 3.24. The first-order valence-electron chi connectivity index (χ1n) is 7.36. The van der Waals surface area contributed by atoms with E-state index < -0.39 is 0 Å². The van der Waals surface area contributed by atoms with Gasteiger partial charge in [-0.3, -0.25) is 4.79 Å². The number of amides is 1. The number of carbonyl (C=O) groups is 1. The molecule has 23 heavy (non-hydrogen) atoms. The minimum atomic E-state index is -0.154. The predicted molar refractivity (Wildman–Crippen MR) is 91.4 cm³/mol. The zero-order chi connectivity index (χ0) is 15.8. The molecule has 1 atom stereocenters. The lowest BCUT2D eigenvalue weighted by atomic mass is 10.2. The minimum Gasteiger partial charge on any atom is -0.467 e. The lowest BCUT2D eigenvalue weighted by Gasteiger charge is -2.12. The van der Waals surface area contributed by atoms with Gasteiger partial charge < -0.3 is 20.2 Å². The third-order valence-corrected chi connectivity index (χ3v) is 3.24. The molecule has 1 amide bonds. The summed E-state index contributed by atoms with van der Waals surface area (Å²) in [6.07, 6.45) is 1.42. The quantitative estimate of drug-likeness (QED) is 0.775. The van der Waals surface area contributed by atoms with Gasteiger partial charge in [-0.15, -0.1) is 12.4 Å². The summed E-state index contributed by atoms with van der Waals surface area (Å²) in [7, 11) is 0. The highest BCUT2D eigenvalue weighted by atomic mass is 35.5. The minimum absolute atomic E-state index is 0. The van der Waals surface area contributed by atoms with Gasteiger partial charge in [0.05, 0.1) is 25.3 Å². The summed E-state index contributed by atoms with van der Waals surface area (Å²) in [5, 5.41) is 2.87. The van der Waals surface area contributed by atoms with Crippen molar-refractivity contribution < 1.29 is 13.9 Å². The summed E-state index contributed by atoms with van der Waals surface area (Å²) < 4.78 is 10.8. The van der Waals surface area contributed by atoms with Crippen LogP contribution < -0.4 is 11.1 Å². The molecule has 0 aliphatic carbocycles. The molecule has 1 aromatic carbocycles. The van der Waals surface area contributed by atoms with Gasteiger partial charge in [-0.2, -0.15) is 0 Å². The molecule has 2 aromatic rings. The monoisotopic (exact) mass is 338 g/mol. The van der Waals surface area contributed by atoms with Crippen molar-refractivity contribution in [2.24, 2.45) is 11.7 Å². The smallest absolute Gasteiger partial charge is 0.254 e. The van der Waals surface area contributed by atoms with Crippen molar-refractivity contribution in [2.45, 2.75) is 20.1 Å². The average Bonchev–Trinajstić information content (AvgIpc) is 3.03. The molecular formula is C17H23ClN2O3. The van der Waals surface area contributed by atoms with E-state index in [4.69, 9.17) is 14.9 Å². The molecule has 0 saturated carbocycles. The van der Waals surface area contributed by atoms with Crippen LogP contribution in [0.3, 0.4) is 0 Å². The van der Waals surface area contributed by atoms with E-state index in [1.165, 1.54) is 6.26 Å². The Kier molecular flexibility index (Phi) is 8.40. The maximum Gasteiger partial charge on any atom is 0.254 e. The van der Waals surface area contributed by atoms with Gasteiger partial charge in [0.1, 0.15) is 12.0 Å². The molecule has 1 heterocycles. The third kappa shape index (κ3) is 6.44. The number of carbonyl (C=O) groups excluding carboxylic acids is 1. The standard InChI is InChI=1S/C17H22N2O3.ClH/c1-13(10-21-11-14-5-3-2-4-6-14)9-19-17(20)15-7-16(8-18)22-12-15;/h2-7,12-13H,8-11,18H2,1H3,(H,19,20);1H. The van der Waals surface area contributed by atoms with E-state index in [1.807, 2.05) is 37.3 Å². The van der Waals surface area contributed by atoms with E-state index >= 15 is 0 Å². The second kappa shape index (κ2) is 10.0. The summed E-state index contributed by atoms with van der Waals surface area (Å²) in [5.74, 6) is 0.677. The average molecular weight is 339 g/mol. The Hall–Kier alpha value is -1.82. The topological polar surface area (TPSA) is 77.5 Å². The van der Waals surface area contributed by atoms with E-state index in [0.717, 1.165) is 5.56 Å². The predicted octanol–water partition coefficient (Wildman–Crippen LogP) is 2.74. The Morgan fingerprint density at radius 3 is 2.74 bits per heavy atom. The number of hydrogen-bond acceptors (Lipinski definition) is 4. The largest absolute Gasteiger partial charge is 0.467 e. The van der Waals surface area contributed by atoms with Gasteiger partial charge in [0.2, 0.25) is 0 Å². The molecule has 0 saturated heterocycles. The maximum absolute atomic E-state index is 11.9.